The van der Waals surface area contributed by atoms with Gasteiger partial charge in [0.2, 0.25) is 0 Å². The van der Waals surface area contributed by atoms with Crippen LogP contribution < -0.4 is 20.7 Å². The number of nitrogens with one attached hydrogen (secondary N) is 1. The van der Waals surface area contributed by atoms with E-state index in [1.807, 2.05) is 78.9 Å². The van der Waals surface area contributed by atoms with Crippen LogP contribution >= 0.6 is 15.9 Å². The fourth-order valence-corrected chi connectivity index (χ4v) is 5.31. The lowest BCUT2D eigenvalue weighted by Gasteiger charge is -2.37. The summed E-state index contributed by atoms with van der Waals surface area (Å²) in [6, 6.07) is 25.1. The van der Waals surface area contributed by atoms with Crippen LogP contribution in [0, 0.1) is 0 Å². The molecule has 0 amide bonds. The molecule has 3 unspecified atom stereocenters. The lowest BCUT2D eigenvalue weighted by Crippen LogP contribution is -2.38. The van der Waals surface area contributed by atoms with E-state index in [9.17, 15) is 14.7 Å². The quantitative estimate of drug-likeness (QED) is 0.276. The average Bonchev–Trinajstić information content (AvgIpc) is 3.36. The number of halogens is 1. The summed E-state index contributed by atoms with van der Waals surface area (Å²) in [7, 11) is 3.22. The van der Waals surface area contributed by atoms with Crippen molar-refractivity contribution in [2.75, 3.05) is 20.8 Å². The zero-order chi connectivity index (χ0) is 28.3. The highest BCUT2D eigenvalue weighted by molar-refractivity contribution is 9.10. The normalized spacial score (nSPS) is 18.9. The summed E-state index contributed by atoms with van der Waals surface area (Å²) in [5.41, 5.74) is 0.311. The van der Waals surface area contributed by atoms with Crippen molar-refractivity contribution in [2.24, 2.45) is 0 Å². The van der Waals surface area contributed by atoms with Crippen LogP contribution in [0.2, 0.25) is 0 Å². The van der Waals surface area contributed by atoms with Gasteiger partial charge in [-0.2, -0.15) is 0 Å². The summed E-state index contributed by atoms with van der Waals surface area (Å²) < 4.78 is 25.2. The number of methoxy groups -OCH3 is 2. The first-order valence-corrected chi connectivity index (χ1v) is 13.5. The third-order valence-electron chi connectivity index (χ3n) is 7.08. The number of H-pyrrole nitrogens is 1. The van der Waals surface area contributed by atoms with E-state index in [0.29, 0.717) is 11.5 Å². The van der Waals surface area contributed by atoms with Gasteiger partial charge in [0.15, 0.2) is 0 Å². The van der Waals surface area contributed by atoms with Crippen molar-refractivity contribution in [2.45, 2.75) is 30.5 Å². The number of aliphatic hydroxyl groups is 1. The second kappa shape index (κ2) is 11.8. The maximum Gasteiger partial charge on any atom is 0.330 e. The SMILES string of the molecule is COc1ccc(C(OCC2OC(n3cc(Br)c(=O)[nH]c3=O)CC2O)(c2ccccc2)c2ccc(OC)cc2)cc1. The summed E-state index contributed by atoms with van der Waals surface area (Å²) >= 11 is 3.15. The molecule has 5 rings (SSSR count). The van der Waals surface area contributed by atoms with Gasteiger partial charge in [-0.05, 0) is 56.9 Å². The zero-order valence-electron chi connectivity index (χ0n) is 22.0. The van der Waals surface area contributed by atoms with Crippen molar-refractivity contribution in [3.63, 3.8) is 0 Å². The molecule has 1 aromatic heterocycles. The molecule has 1 fully saturated rings. The van der Waals surface area contributed by atoms with E-state index in [-0.39, 0.29) is 17.5 Å². The number of benzene rings is 3. The Labute approximate surface area is 239 Å². The molecule has 3 atom stereocenters. The minimum atomic E-state index is -1.08. The maximum absolute atomic E-state index is 12.4. The molecule has 0 spiro atoms. The van der Waals surface area contributed by atoms with Crippen LogP contribution in [0.15, 0.2) is 99.1 Å². The molecule has 0 saturated carbocycles. The molecule has 1 saturated heterocycles. The Kier molecular flexibility index (Phi) is 8.22. The number of aromatic nitrogens is 2. The molecule has 3 aromatic carbocycles. The molecule has 40 heavy (non-hydrogen) atoms. The largest absolute Gasteiger partial charge is 0.497 e. The smallest absolute Gasteiger partial charge is 0.330 e. The molecule has 4 aromatic rings. The zero-order valence-corrected chi connectivity index (χ0v) is 23.5. The number of aliphatic hydroxyl groups excluding tert-OH is 1. The summed E-state index contributed by atoms with van der Waals surface area (Å²) in [5.74, 6) is 1.41. The third kappa shape index (κ3) is 5.35. The number of hydrogen-bond acceptors (Lipinski definition) is 7. The number of hydrogen-bond donors (Lipinski definition) is 2. The van der Waals surface area contributed by atoms with Gasteiger partial charge in [0.1, 0.15) is 29.4 Å². The Hall–Kier alpha value is -3.70. The molecule has 1 aliphatic heterocycles. The fourth-order valence-electron chi connectivity index (χ4n) is 4.99. The molecule has 208 valence electrons. The second-order valence-electron chi connectivity index (χ2n) is 9.39. The molecule has 0 bridgehead atoms. The monoisotopic (exact) mass is 608 g/mol. The lowest BCUT2D eigenvalue weighted by molar-refractivity contribution is -0.0944. The van der Waals surface area contributed by atoms with E-state index in [2.05, 4.69) is 20.9 Å². The third-order valence-corrected chi connectivity index (χ3v) is 7.64. The van der Waals surface area contributed by atoms with Crippen molar-refractivity contribution in [3.8, 4) is 11.5 Å². The van der Waals surface area contributed by atoms with Crippen molar-refractivity contribution in [1.29, 1.82) is 0 Å². The van der Waals surface area contributed by atoms with E-state index < -0.39 is 35.3 Å². The van der Waals surface area contributed by atoms with Crippen LogP contribution in [0.3, 0.4) is 0 Å². The van der Waals surface area contributed by atoms with Gasteiger partial charge in [-0.25, -0.2) is 4.79 Å². The minimum absolute atomic E-state index is 0.00386. The van der Waals surface area contributed by atoms with Gasteiger partial charge < -0.3 is 24.1 Å². The van der Waals surface area contributed by atoms with E-state index in [1.54, 1.807) is 14.2 Å². The number of ether oxygens (including phenoxy) is 4. The van der Waals surface area contributed by atoms with Gasteiger partial charge in [-0.15, -0.1) is 0 Å². The van der Waals surface area contributed by atoms with Gasteiger partial charge >= 0.3 is 5.69 Å². The lowest BCUT2D eigenvalue weighted by atomic mass is 9.80. The van der Waals surface area contributed by atoms with Crippen LogP contribution in [0.4, 0.5) is 0 Å². The Morgan fingerprint density at radius 2 is 1.48 bits per heavy atom. The first-order valence-electron chi connectivity index (χ1n) is 12.7. The first kappa shape index (κ1) is 27.9. The highest BCUT2D eigenvalue weighted by atomic mass is 79.9. The highest BCUT2D eigenvalue weighted by Crippen LogP contribution is 2.42. The predicted octanol–water partition coefficient (Wildman–Crippen LogP) is 3.97. The average molecular weight is 609 g/mol. The molecule has 0 radical (unpaired) electrons. The summed E-state index contributed by atoms with van der Waals surface area (Å²) in [5, 5.41) is 10.9. The summed E-state index contributed by atoms with van der Waals surface area (Å²) in [6.45, 7) is 0.00386. The highest BCUT2D eigenvalue weighted by Gasteiger charge is 2.42. The van der Waals surface area contributed by atoms with Gasteiger partial charge in [0.05, 0.1) is 31.4 Å². The van der Waals surface area contributed by atoms with Crippen molar-refractivity contribution < 1.29 is 24.1 Å². The first-order chi connectivity index (χ1) is 19.3. The molecule has 2 heterocycles. The Bertz CT molecular complexity index is 1500. The topological polar surface area (TPSA) is 112 Å². The van der Waals surface area contributed by atoms with Crippen LogP contribution in [-0.4, -0.2) is 47.7 Å². The second-order valence-corrected chi connectivity index (χ2v) is 10.2. The number of rotatable bonds is 9. The van der Waals surface area contributed by atoms with Crippen LogP contribution in [0.5, 0.6) is 11.5 Å². The Morgan fingerprint density at radius 3 is 2.02 bits per heavy atom. The Balaban J connectivity index is 1.54. The van der Waals surface area contributed by atoms with E-state index in [4.69, 9.17) is 18.9 Å². The van der Waals surface area contributed by atoms with Crippen LogP contribution in [-0.2, 0) is 15.1 Å². The van der Waals surface area contributed by atoms with E-state index in [1.165, 1.54) is 10.8 Å². The molecular weight excluding hydrogens is 580 g/mol. The molecule has 10 heteroatoms. The molecule has 2 N–H and O–H groups in total. The van der Waals surface area contributed by atoms with E-state index in [0.717, 1.165) is 16.7 Å². The molecule has 0 aliphatic carbocycles. The van der Waals surface area contributed by atoms with Gasteiger partial charge in [0, 0.05) is 12.6 Å². The van der Waals surface area contributed by atoms with Gasteiger partial charge in [0.25, 0.3) is 5.56 Å². The summed E-state index contributed by atoms with van der Waals surface area (Å²) in [4.78, 5) is 26.5. The van der Waals surface area contributed by atoms with Crippen LogP contribution in [0.25, 0.3) is 0 Å². The predicted molar refractivity (Wildman–Crippen MR) is 152 cm³/mol. The maximum atomic E-state index is 12.4. The van der Waals surface area contributed by atoms with E-state index >= 15 is 0 Å². The van der Waals surface area contributed by atoms with Crippen molar-refractivity contribution in [1.82, 2.24) is 9.55 Å². The summed E-state index contributed by atoms with van der Waals surface area (Å²) in [6.07, 6.45) is -0.928. The van der Waals surface area contributed by atoms with Crippen molar-refractivity contribution in [3.05, 3.63) is 127 Å². The Morgan fingerprint density at radius 1 is 0.925 bits per heavy atom. The number of nitrogens with zero attached hydrogens (tertiary/aromatic N) is 1. The minimum Gasteiger partial charge on any atom is -0.497 e. The molecule has 1 aliphatic rings. The number of aromatic amines is 1. The molecular formula is C30H29BrN2O7. The fraction of sp³-hybridized carbons (Fsp3) is 0.267. The van der Waals surface area contributed by atoms with Crippen molar-refractivity contribution >= 4 is 15.9 Å². The van der Waals surface area contributed by atoms with Crippen LogP contribution in [0.1, 0.15) is 29.3 Å². The standard InChI is InChI=1S/C30H29BrN2O7/c1-37-22-12-8-20(9-13-22)30(19-6-4-3-5-7-19,21-10-14-23(38-2)15-11-21)39-18-26-25(34)16-27(40-26)33-17-24(31)28(35)32-29(33)36/h3-15,17,25-27,34H,16,18H2,1-2H3,(H,32,35,36). The van der Waals surface area contributed by atoms with Gasteiger partial charge in [-0.3, -0.25) is 14.3 Å². The van der Waals surface area contributed by atoms with Gasteiger partial charge in [-0.1, -0.05) is 54.6 Å². The molecule has 9 nitrogen and oxygen atoms in total.